The van der Waals surface area contributed by atoms with E-state index < -0.39 is 0 Å². The summed E-state index contributed by atoms with van der Waals surface area (Å²) in [6.45, 7) is 13.6. The van der Waals surface area contributed by atoms with E-state index in [9.17, 15) is 0 Å². The minimum absolute atomic E-state index is 0.247. The van der Waals surface area contributed by atoms with Gasteiger partial charge in [0.2, 0.25) is 0 Å². The summed E-state index contributed by atoms with van der Waals surface area (Å²) in [6.07, 6.45) is 4.07. The zero-order valence-electron chi connectivity index (χ0n) is 14.3. The standard InChI is InChI=1S/C19H32N2/c1-5-20-14-18-8-6-7-13-21(18)15-16-9-11-17(12-10-16)19(2,3)4/h9-12,18,20H,5-8,13-15H2,1-4H3. The van der Waals surface area contributed by atoms with Crippen molar-refractivity contribution in [3.05, 3.63) is 35.4 Å². The maximum absolute atomic E-state index is 3.52. The van der Waals surface area contributed by atoms with Crippen molar-refractivity contribution in [2.75, 3.05) is 19.6 Å². The summed E-state index contributed by atoms with van der Waals surface area (Å²) in [6, 6.07) is 9.96. The van der Waals surface area contributed by atoms with Gasteiger partial charge in [0.25, 0.3) is 0 Å². The van der Waals surface area contributed by atoms with Crippen molar-refractivity contribution in [2.45, 2.75) is 65.0 Å². The fourth-order valence-electron chi connectivity index (χ4n) is 3.15. The molecule has 1 saturated heterocycles. The van der Waals surface area contributed by atoms with Crippen LogP contribution >= 0.6 is 0 Å². The van der Waals surface area contributed by atoms with Crippen LogP contribution in [0.15, 0.2) is 24.3 Å². The molecule has 0 spiro atoms. The molecule has 2 heteroatoms. The van der Waals surface area contributed by atoms with Crippen LogP contribution in [-0.4, -0.2) is 30.6 Å². The molecule has 118 valence electrons. The Morgan fingerprint density at radius 3 is 2.48 bits per heavy atom. The van der Waals surface area contributed by atoms with E-state index in [1.807, 2.05) is 0 Å². The van der Waals surface area contributed by atoms with Crippen LogP contribution in [-0.2, 0) is 12.0 Å². The van der Waals surface area contributed by atoms with Crippen LogP contribution in [0, 0.1) is 0 Å². The van der Waals surface area contributed by atoms with Crippen LogP contribution < -0.4 is 5.32 Å². The minimum Gasteiger partial charge on any atom is -0.315 e. The van der Waals surface area contributed by atoms with Gasteiger partial charge in [0, 0.05) is 19.1 Å². The zero-order valence-corrected chi connectivity index (χ0v) is 14.3. The van der Waals surface area contributed by atoms with Gasteiger partial charge in [-0.3, -0.25) is 4.90 Å². The molecule has 1 aliphatic rings. The predicted octanol–water partition coefficient (Wildman–Crippen LogP) is 3.95. The molecule has 21 heavy (non-hydrogen) atoms. The quantitative estimate of drug-likeness (QED) is 0.882. The van der Waals surface area contributed by atoms with Gasteiger partial charge in [0.1, 0.15) is 0 Å². The first-order chi connectivity index (χ1) is 10.0. The number of nitrogens with zero attached hydrogens (tertiary/aromatic N) is 1. The summed E-state index contributed by atoms with van der Waals surface area (Å²) in [5.74, 6) is 0. The number of likely N-dealkylation sites (N-methyl/N-ethyl adjacent to an activating group) is 1. The van der Waals surface area contributed by atoms with Gasteiger partial charge in [-0.25, -0.2) is 0 Å². The van der Waals surface area contributed by atoms with Gasteiger partial charge < -0.3 is 5.32 Å². The molecule has 0 radical (unpaired) electrons. The molecule has 2 rings (SSSR count). The highest BCUT2D eigenvalue weighted by Gasteiger charge is 2.22. The molecule has 0 bridgehead atoms. The van der Waals surface area contributed by atoms with Crippen LogP contribution in [0.25, 0.3) is 0 Å². The summed E-state index contributed by atoms with van der Waals surface area (Å²) in [5, 5.41) is 3.52. The van der Waals surface area contributed by atoms with Crippen LogP contribution in [0.2, 0.25) is 0 Å². The summed E-state index contributed by atoms with van der Waals surface area (Å²) in [7, 11) is 0. The van der Waals surface area contributed by atoms with E-state index in [4.69, 9.17) is 0 Å². The smallest absolute Gasteiger partial charge is 0.0237 e. The molecular weight excluding hydrogens is 256 g/mol. The third-order valence-corrected chi connectivity index (χ3v) is 4.58. The van der Waals surface area contributed by atoms with Crippen molar-refractivity contribution in [3.63, 3.8) is 0 Å². The van der Waals surface area contributed by atoms with Gasteiger partial charge in [-0.1, -0.05) is 58.4 Å². The molecule has 1 aromatic carbocycles. The average Bonchev–Trinajstić information content (AvgIpc) is 2.46. The van der Waals surface area contributed by atoms with E-state index in [0.717, 1.165) is 19.6 Å². The number of hydrogen-bond donors (Lipinski definition) is 1. The molecule has 1 aromatic rings. The second-order valence-corrected chi connectivity index (χ2v) is 7.37. The summed E-state index contributed by atoms with van der Waals surface area (Å²) in [5.41, 5.74) is 3.12. The lowest BCUT2D eigenvalue weighted by Crippen LogP contribution is -2.44. The Morgan fingerprint density at radius 1 is 1.14 bits per heavy atom. The van der Waals surface area contributed by atoms with E-state index in [-0.39, 0.29) is 5.41 Å². The average molecular weight is 288 g/mol. The molecule has 0 saturated carbocycles. The monoisotopic (exact) mass is 288 g/mol. The minimum atomic E-state index is 0.247. The molecule has 0 aliphatic carbocycles. The van der Waals surface area contributed by atoms with Crippen LogP contribution in [0.3, 0.4) is 0 Å². The summed E-state index contributed by atoms with van der Waals surface area (Å²) < 4.78 is 0. The molecule has 2 nitrogen and oxygen atoms in total. The normalized spacial score (nSPS) is 20.7. The number of benzene rings is 1. The van der Waals surface area contributed by atoms with Gasteiger partial charge in [-0.05, 0) is 42.5 Å². The van der Waals surface area contributed by atoms with Crippen molar-refractivity contribution in [1.82, 2.24) is 10.2 Å². The van der Waals surface area contributed by atoms with E-state index >= 15 is 0 Å². The van der Waals surface area contributed by atoms with Crippen molar-refractivity contribution in [1.29, 1.82) is 0 Å². The molecule has 0 amide bonds. The van der Waals surface area contributed by atoms with Gasteiger partial charge >= 0.3 is 0 Å². The van der Waals surface area contributed by atoms with E-state index in [1.165, 1.54) is 36.9 Å². The van der Waals surface area contributed by atoms with Gasteiger partial charge in [-0.2, -0.15) is 0 Å². The Kier molecular flexibility index (Phi) is 5.83. The molecule has 0 aromatic heterocycles. The number of nitrogens with one attached hydrogen (secondary N) is 1. The Hall–Kier alpha value is -0.860. The van der Waals surface area contributed by atoms with Crippen molar-refractivity contribution >= 4 is 0 Å². The van der Waals surface area contributed by atoms with Crippen molar-refractivity contribution in [3.8, 4) is 0 Å². The molecular formula is C19H32N2. The lowest BCUT2D eigenvalue weighted by Gasteiger charge is -2.36. The lowest BCUT2D eigenvalue weighted by molar-refractivity contribution is 0.138. The van der Waals surface area contributed by atoms with Crippen molar-refractivity contribution < 1.29 is 0 Å². The number of likely N-dealkylation sites (tertiary alicyclic amines) is 1. The predicted molar refractivity (Wildman–Crippen MR) is 91.7 cm³/mol. The van der Waals surface area contributed by atoms with E-state index in [2.05, 4.69) is 62.2 Å². The summed E-state index contributed by atoms with van der Waals surface area (Å²) in [4.78, 5) is 2.66. The second-order valence-electron chi connectivity index (χ2n) is 7.37. The lowest BCUT2D eigenvalue weighted by atomic mass is 9.86. The van der Waals surface area contributed by atoms with Gasteiger partial charge in [-0.15, -0.1) is 0 Å². The van der Waals surface area contributed by atoms with Gasteiger partial charge in [0.15, 0.2) is 0 Å². The highest BCUT2D eigenvalue weighted by Crippen LogP contribution is 2.24. The molecule has 1 aliphatic heterocycles. The summed E-state index contributed by atoms with van der Waals surface area (Å²) >= 11 is 0. The molecule has 1 atom stereocenters. The maximum atomic E-state index is 3.52. The maximum Gasteiger partial charge on any atom is 0.0237 e. The third kappa shape index (κ3) is 4.82. The first-order valence-electron chi connectivity index (χ1n) is 8.55. The Bertz CT molecular complexity index is 416. The molecule has 1 N–H and O–H groups in total. The zero-order chi connectivity index (χ0) is 15.3. The first kappa shape index (κ1) is 16.5. The van der Waals surface area contributed by atoms with E-state index in [1.54, 1.807) is 0 Å². The van der Waals surface area contributed by atoms with Crippen LogP contribution in [0.4, 0.5) is 0 Å². The molecule has 1 unspecified atom stereocenters. The molecule has 1 heterocycles. The fourth-order valence-corrected chi connectivity index (χ4v) is 3.15. The van der Waals surface area contributed by atoms with Gasteiger partial charge in [0.05, 0.1) is 0 Å². The van der Waals surface area contributed by atoms with Crippen LogP contribution in [0.1, 0.15) is 58.1 Å². The number of hydrogen-bond acceptors (Lipinski definition) is 2. The highest BCUT2D eigenvalue weighted by molar-refractivity contribution is 5.27. The fraction of sp³-hybridized carbons (Fsp3) is 0.684. The Labute approximate surface area is 130 Å². The number of rotatable bonds is 5. The number of piperidine rings is 1. The third-order valence-electron chi connectivity index (χ3n) is 4.58. The van der Waals surface area contributed by atoms with Crippen LogP contribution in [0.5, 0.6) is 0 Å². The highest BCUT2D eigenvalue weighted by atomic mass is 15.2. The van der Waals surface area contributed by atoms with Crippen molar-refractivity contribution in [2.24, 2.45) is 0 Å². The SMILES string of the molecule is CCNCC1CCCCN1Cc1ccc(C(C)(C)C)cc1. The second kappa shape index (κ2) is 7.42. The van der Waals surface area contributed by atoms with E-state index in [0.29, 0.717) is 6.04 Å². The largest absolute Gasteiger partial charge is 0.315 e. The Morgan fingerprint density at radius 2 is 1.86 bits per heavy atom. The Balaban J connectivity index is 1.98. The first-order valence-corrected chi connectivity index (χ1v) is 8.55. The topological polar surface area (TPSA) is 15.3 Å². The molecule has 1 fully saturated rings.